The topological polar surface area (TPSA) is 51.8 Å². The zero-order valence-corrected chi connectivity index (χ0v) is 41.3. The minimum absolute atomic E-state index is 0. The van der Waals surface area contributed by atoms with Gasteiger partial charge in [-0.15, -0.1) is 59.2 Å². The monoisotopic (exact) mass is 1020 g/mol. The van der Waals surface area contributed by atoms with Crippen molar-refractivity contribution in [3.05, 3.63) is 192 Å². The number of aryl methyl sites for hydroxylation is 3. The van der Waals surface area contributed by atoms with Gasteiger partial charge in [0.1, 0.15) is 5.58 Å². The standard InChI is InChI=1S/C34H29N2O.C23H26NSi.Ir/c1-21-15-22(2)32(23(3)16-21)25-13-14-36-29(18-25)24-11-12-30-27(17-24)33-28(19-35-20-31(33)37-30)34(4,5)26-9-7-6-8-10-26;1-17(2)21-15-22(24-16-23(21)25(3,4)5)20-13-9-12-19(14-20)18-10-7-6-8-11-18;/h6-10,12-20H,1-5H3;6-12,14-17H,1-5H3;/q2*-1;/i;17D;. The van der Waals surface area contributed by atoms with Gasteiger partial charge in [0.05, 0.1) is 19.9 Å². The summed E-state index contributed by atoms with van der Waals surface area (Å²) in [5.74, 6) is -0.648. The van der Waals surface area contributed by atoms with Gasteiger partial charge in [-0.2, -0.15) is 0 Å². The molecule has 9 rings (SSSR count). The molecule has 0 aliphatic rings. The number of aromatic nitrogens is 3. The summed E-state index contributed by atoms with van der Waals surface area (Å²) >= 11 is 0. The van der Waals surface area contributed by atoms with Crippen LogP contribution >= 0.6 is 0 Å². The van der Waals surface area contributed by atoms with Gasteiger partial charge in [0.25, 0.3) is 0 Å². The first-order valence-electron chi connectivity index (χ1n) is 21.9. The van der Waals surface area contributed by atoms with Crippen molar-refractivity contribution in [1.82, 2.24) is 15.0 Å². The fourth-order valence-corrected chi connectivity index (χ4v) is 10.3. The van der Waals surface area contributed by atoms with Crippen LogP contribution in [0.3, 0.4) is 0 Å². The van der Waals surface area contributed by atoms with Crippen molar-refractivity contribution in [1.29, 1.82) is 0 Å². The second-order valence-corrected chi connectivity index (χ2v) is 23.2. The molecule has 1 radical (unpaired) electrons. The smallest absolute Gasteiger partial charge is 0.139 e. The van der Waals surface area contributed by atoms with Crippen molar-refractivity contribution < 1.29 is 25.9 Å². The van der Waals surface area contributed by atoms with E-state index in [4.69, 9.17) is 15.8 Å². The van der Waals surface area contributed by atoms with Gasteiger partial charge in [0, 0.05) is 50.9 Å². The molecule has 0 unspecified atom stereocenters. The fraction of sp³-hybridized carbons (Fsp3) is 0.211. The number of fused-ring (bicyclic) bond motifs is 3. The molecule has 0 aliphatic heterocycles. The Morgan fingerprint density at radius 1 is 0.683 bits per heavy atom. The number of hydrogen-bond donors (Lipinski definition) is 0. The third-order valence-electron chi connectivity index (χ3n) is 11.9. The first-order chi connectivity index (χ1) is 30.0. The van der Waals surface area contributed by atoms with E-state index in [9.17, 15) is 0 Å². The minimum atomic E-state index is -1.57. The molecular weight excluding hydrogens is 963 g/mol. The maximum atomic E-state index is 8.61. The molecule has 0 bridgehead atoms. The second-order valence-electron chi connectivity index (χ2n) is 18.2. The zero-order chi connectivity index (χ0) is 44.7. The van der Waals surface area contributed by atoms with Crippen LogP contribution in [0.4, 0.5) is 0 Å². The summed E-state index contributed by atoms with van der Waals surface area (Å²) in [6.45, 7) is 21.8. The van der Waals surface area contributed by atoms with Gasteiger partial charge >= 0.3 is 0 Å². The van der Waals surface area contributed by atoms with E-state index in [0.717, 1.165) is 61.1 Å². The molecule has 5 aromatic carbocycles. The van der Waals surface area contributed by atoms with Crippen molar-refractivity contribution in [3.8, 4) is 44.8 Å². The maximum Gasteiger partial charge on any atom is 0.139 e. The summed E-state index contributed by atoms with van der Waals surface area (Å²) in [6, 6.07) is 48.7. The number of nitrogens with zero attached hydrogens (tertiary/aromatic N) is 3. The fourth-order valence-electron chi connectivity index (χ4n) is 8.71. The molecule has 63 heavy (non-hydrogen) atoms. The molecule has 0 amide bonds. The largest absolute Gasteiger partial charge is 0.499 e. The first-order valence-corrected chi connectivity index (χ1v) is 24.9. The maximum absolute atomic E-state index is 8.61. The predicted molar refractivity (Wildman–Crippen MR) is 263 cm³/mol. The molecule has 0 saturated carbocycles. The Labute approximate surface area is 389 Å². The summed E-state index contributed by atoms with van der Waals surface area (Å²) in [5, 5.41) is 3.41. The molecule has 0 aliphatic carbocycles. The van der Waals surface area contributed by atoms with E-state index < -0.39 is 14.0 Å². The third-order valence-corrected chi connectivity index (χ3v) is 13.9. The van der Waals surface area contributed by atoms with Crippen LogP contribution < -0.4 is 5.19 Å². The molecule has 0 fully saturated rings. The van der Waals surface area contributed by atoms with Crippen molar-refractivity contribution in [3.63, 3.8) is 0 Å². The summed E-state index contributed by atoms with van der Waals surface area (Å²) < 4.78 is 14.9. The van der Waals surface area contributed by atoms with Crippen molar-refractivity contribution in [2.75, 3.05) is 0 Å². The number of pyridine rings is 3. The first kappa shape index (κ1) is 43.8. The van der Waals surface area contributed by atoms with E-state index in [0.29, 0.717) is 0 Å². The van der Waals surface area contributed by atoms with E-state index in [1.165, 1.54) is 44.1 Å². The van der Waals surface area contributed by atoms with Crippen LogP contribution in [0, 0.1) is 32.9 Å². The molecule has 9 aromatic rings. The quantitative estimate of drug-likeness (QED) is 0.112. The van der Waals surface area contributed by atoms with Crippen molar-refractivity contribution in [2.45, 2.75) is 79.4 Å². The van der Waals surface area contributed by atoms with Gasteiger partial charge in [0.15, 0.2) is 0 Å². The zero-order valence-electron chi connectivity index (χ0n) is 38.9. The second kappa shape index (κ2) is 18.5. The van der Waals surface area contributed by atoms with Gasteiger partial charge < -0.3 is 14.4 Å². The summed E-state index contributed by atoms with van der Waals surface area (Å²) in [5.41, 5.74) is 17.1. The third kappa shape index (κ3) is 9.45. The normalized spacial score (nSPS) is 12.1. The minimum Gasteiger partial charge on any atom is -0.499 e. The Morgan fingerprint density at radius 2 is 1.35 bits per heavy atom. The number of rotatable bonds is 8. The SMILES string of the molecule is Cc1cc(C)c(-c2ccnc(-c3[c-]cc4oc5cncc(C(C)(C)c6ccccc6)c5c4c3)c2)c(C)c1.[2H]C(C)(C)c1cc(-c2[c-]ccc(-c3ccccc3)c2)ncc1[Si](C)(C)C.[Ir]. The molecule has 4 aromatic heterocycles. The Kier molecular flexibility index (Phi) is 12.9. The molecule has 319 valence electrons. The van der Waals surface area contributed by atoms with Crippen LogP contribution in [0.25, 0.3) is 66.7 Å². The van der Waals surface area contributed by atoms with Crippen molar-refractivity contribution >= 4 is 35.2 Å². The summed E-state index contributed by atoms with van der Waals surface area (Å²) in [4.78, 5) is 14.0. The van der Waals surface area contributed by atoms with Crippen LogP contribution in [0.1, 0.15) is 68.3 Å². The number of furan rings is 1. The number of benzene rings is 5. The predicted octanol–water partition coefficient (Wildman–Crippen LogP) is 14.6. The Balaban J connectivity index is 0.000000201. The van der Waals surface area contributed by atoms with Crippen LogP contribution in [-0.2, 0) is 25.5 Å². The molecule has 0 N–H and O–H groups in total. The van der Waals surface area contributed by atoms with Crippen LogP contribution in [0.5, 0.6) is 0 Å². The van der Waals surface area contributed by atoms with Gasteiger partial charge in [0.2, 0.25) is 0 Å². The van der Waals surface area contributed by atoms with Gasteiger partial charge in [-0.3, -0.25) is 4.98 Å². The average molecular weight is 1020 g/mol. The van der Waals surface area contributed by atoms with E-state index >= 15 is 0 Å². The van der Waals surface area contributed by atoms with E-state index in [1.54, 1.807) is 6.20 Å². The number of hydrogen-bond acceptors (Lipinski definition) is 4. The van der Waals surface area contributed by atoms with Gasteiger partial charge in [-0.05, 0) is 88.3 Å². The van der Waals surface area contributed by atoms with E-state index in [-0.39, 0.29) is 25.5 Å². The summed E-state index contributed by atoms with van der Waals surface area (Å²) in [7, 11) is -1.57. The van der Waals surface area contributed by atoms with E-state index in [2.05, 4.69) is 162 Å². The van der Waals surface area contributed by atoms with Crippen LogP contribution in [0.2, 0.25) is 19.6 Å². The Hall–Kier alpha value is -5.78. The summed E-state index contributed by atoms with van der Waals surface area (Å²) in [6.07, 6.45) is 7.67. The average Bonchev–Trinajstić information content (AvgIpc) is 3.64. The molecule has 4 nitrogen and oxygen atoms in total. The Morgan fingerprint density at radius 3 is 2.03 bits per heavy atom. The molecule has 0 saturated heterocycles. The molecule has 0 spiro atoms. The molecule has 0 atom stereocenters. The molecule has 4 heterocycles. The molecular formula is C57H55IrN3OSi-2. The van der Waals surface area contributed by atoms with Gasteiger partial charge in [-0.25, -0.2) is 0 Å². The molecule has 6 heteroatoms. The van der Waals surface area contributed by atoms with Gasteiger partial charge in [-0.1, -0.05) is 149 Å². The Bertz CT molecular complexity index is 3070. The van der Waals surface area contributed by atoms with E-state index in [1.807, 2.05) is 62.8 Å². The van der Waals surface area contributed by atoms with Crippen LogP contribution in [-0.4, -0.2) is 23.0 Å². The van der Waals surface area contributed by atoms with Crippen molar-refractivity contribution in [2.24, 2.45) is 0 Å². The van der Waals surface area contributed by atoms with Crippen LogP contribution in [0.15, 0.2) is 151 Å².